The Kier molecular flexibility index (Phi) is 9.73. The van der Waals surface area contributed by atoms with Crippen molar-refractivity contribution < 1.29 is 9.59 Å². The number of allylic oxidation sites excluding steroid dienone is 2. The number of nitrogens with zero attached hydrogens (tertiary/aromatic N) is 7. The van der Waals surface area contributed by atoms with Crippen LogP contribution < -0.4 is 20.4 Å². The van der Waals surface area contributed by atoms with Crippen molar-refractivity contribution in [2.24, 2.45) is 20.0 Å². The number of rotatable bonds is 10. The van der Waals surface area contributed by atoms with Gasteiger partial charge in [-0.3, -0.25) is 9.59 Å². The second kappa shape index (κ2) is 15.8. The summed E-state index contributed by atoms with van der Waals surface area (Å²) in [6.45, 7) is 2.95. The summed E-state index contributed by atoms with van der Waals surface area (Å²) >= 11 is 0. The first kappa shape index (κ1) is 36.5. The third-order valence-electron chi connectivity index (χ3n) is 9.68. The number of benzene rings is 6. The highest BCUT2D eigenvalue weighted by molar-refractivity contribution is 6.26. The van der Waals surface area contributed by atoms with Crippen molar-refractivity contribution in [1.29, 1.82) is 0 Å². The van der Waals surface area contributed by atoms with Crippen molar-refractivity contribution in [2.45, 2.75) is 13.8 Å². The van der Waals surface area contributed by atoms with Crippen LogP contribution in [-0.4, -0.2) is 40.2 Å². The molecule has 9 rings (SSSR count). The highest BCUT2D eigenvalue weighted by atomic mass is 16.2. The molecule has 2 N–H and O–H groups in total. The van der Waals surface area contributed by atoms with Crippen LogP contribution in [0.3, 0.4) is 0 Å². The van der Waals surface area contributed by atoms with Gasteiger partial charge in [-0.15, -0.1) is 0 Å². The van der Waals surface area contributed by atoms with E-state index in [0.717, 1.165) is 34.1 Å². The summed E-state index contributed by atoms with van der Waals surface area (Å²) in [5.41, 5.74) is 7.79. The maximum absolute atomic E-state index is 12.7. The minimum atomic E-state index is -0.237. The first-order chi connectivity index (χ1) is 28.9. The molecule has 0 aromatic heterocycles. The van der Waals surface area contributed by atoms with E-state index in [1.54, 1.807) is 4.90 Å². The van der Waals surface area contributed by atoms with Crippen LogP contribution >= 0.6 is 0 Å². The first-order valence-corrected chi connectivity index (χ1v) is 19.1. The summed E-state index contributed by atoms with van der Waals surface area (Å²) in [4.78, 5) is 51.3. The molecule has 0 saturated heterocycles. The highest BCUT2D eigenvalue weighted by Crippen LogP contribution is 2.39. The molecule has 0 atom stereocenters. The fourth-order valence-electron chi connectivity index (χ4n) is 7.21. The SMILES string of the molecule is CC(=O)Nc1cc(N(c2ccccc2)c2ccccc2)ccc1C1=NC2=CC=CC3=NC(c4ccc(N(c5ccccc5)c5ccccc5)cc4NC(C)=O)=NC(=N1)N23. The molecule has 0 unspecified atom stereocenters. The minimum Gasteiger partial charge on any atom is -0.326 e. The number of hydrogen-bond acceptors (Lipinski definition) is 9. The Morgan fingerprint density at radius 1 is 0.492 bits per heavy atom. The van der Waals surface area contributed by atoms with Crippen LogP contribution in [0.25, 0.3) is 0 Å². The minimum absolute atomic E-state index is 0.237. The Labute approximate surface area is 341 Å². The lowest BCUT2D eigenvalue weighted by molar-refractivity contribution is -0.115. The maximum Gasteiger partial charge on any atom is 0.241 e. The number of hydrogen-bond donors (Lipinski definition) is 2. The molecule has 11 nitrogen and oxygen atoms in total. The summed E-state index contributed by atoms with van der Waals surface area (Å²) in [6.07, 6.45) is 5.61. The van der Waals surface area contributed by atoms with Gasteiger partial charge in [-0.25, -0.2) is 14.9 Å². The lowest BCUT2D eigenvalue weighted by Crippen LogP contribution is -2.41. The van der Waals surface area contributed by atoms with Crippen LogP contribution in [0, 0.1) is 0 Å². The van der Waals surface area contributed by atoms with Crippen molar-refractivity contribution in [3.8, 4) is 0 Å². The molecule has 2 amide bonds. The van der Waals surface area contributed by atoms with Crippen molar-refractivity contribution in [2.75, 3.05) is 20.4 Å². The largest absolute Gasteiger partial charge is 0.326 e. The molecular weight excluding hydrogens is 735 g/mol. The van der Waals surface area contributed by atoms with E-state index in [1.807, 2.05) is 176 Å². The molecule has 3 aliphatic heterocycles. The summed E-state index contributed by atoms with van der Waals surface area (Å²) in [5, 5.41) is 6.06. The third kappa shape index (κ3) is 7.43. The Morgan fingerprint density at radius 3 is 1.34 bits per heavy atom. The van der Waals surface area contributed by atoms with Crippen molar-refractivity contribution in [3.63, 3.8) is 0 Å². The van der Waals surface area contributed by atoms with Crippen LogP contribution in [0.15, 0.2) is 202 Å². The zero-order chi connectivity index (χ0) is 40.3. The molecule has 6 aromatic rings. The number of amides is 2. The topological polar surface area (TPSA) is 117 Å². The number of nitrogens with one attached hydrogen (secondary N) is 2. The normalized spacial score (nSPS) is 13.8. The number of guanidine groups is 1. The van der Waals surface area contributed by atoms with E-state index in [4.69, 9.17) is 20.0 Å². The number of anilines is 8. The maximum atomic E-state index is 12.7. The van der Waals surface area contributed by atoms with E-state index in [-0.39, 0.29) is 11.8 Å². The molecule has 0 spiro atoms. The Balaban J connectivity index is 1.14. The zero-order valence-electron chi connectivity index (χ0n) is 32.2. The van der Waals surface area contributed by atoms with E-state index in [1.165, 1.54) is 13.8 Å². The molecule has 286 valence electrons. The fraction of sp³-hybridized carbons (Fsp3) is 0.0417. The van der Waals surface area contributed by atoms with E-state index >= 15 is 0 Å². The van der Waals surface area contributed by atoms with Gasteiger partial charge in [-0.2, -0.15) is 9.98 Å². The van der Waals surface area contributed by atoms with Gasteiger partial charge in [0.1, 0.15) is 11.7 Å². The predicted molar refractivity (Wildman–Crippen MR) is 238 cm³/mol. The van der Waals surface area contributed by atoms with Gasteiger partial charge in [0, 0.05) is 59.1 Å². The molecule has 3 aliphatic rings. The van der Waals surface area contributed by atoms with E-state index in [9.17, 15) is 9.59 Å². The van der Waals surface area contributed by atoms with Gasteiger partial charge in [-0.1, -0.05) is 78.9 Å². The standard InChI is InChI=1S/C48H37N9O2/c1-32(58)49-42-30-38(55(34-16-7-3-8-17-34)35-18-9-4-10-19-35)26-28-40(42)46-51-44-24-15-25-45-52-47(54-48(53-46)57(44)45)41-29-27-39(31-43(41)50-33(2)59)56(36-20-11-5-12-21-36)37-22-13-6-14-23-37/h3-31H,1-2H3,(H,49,58)(H,50,59). The van der Waals surface area contributed by atoms with Gasteiger partial charge in [0.05, 0.1) is 11.4 Å². The smallest absolute Gasteiger partial charge is 0.241 e. The molecule has 0 aliphatic carbocycles. The molecule has 59 heavy (non-hydrogen) atoms. The third-order valence-corrected chi connectivity index (χ3v) is 9.68. The van der Waals surface area contributed by atoms with Gasteiger partial charge in [-0.05, 0) is 97.1 Å². The Morgan fingerprint density at radius 2 is 0.915 bits per heavy atom. The number of amidine groups is 3. The average Bonchev–Trinajstić information content (AvgIpc) is 3.25. The quantitative estimate of drug-likeness (QED) is 0.144. The fourth-order valence-corrected chi connectivity index (χ4v) is 7.21. The van der Waals surface area contributed by atoms with Crippen LogP contribution in [0.2, 0.25) is 0 Å². The lowest BCUT2D eigenvalue weighted by Gasteiger charge is -2.32. The van der Waals surface area contributed by atoms with Crippen LogP contribution in [0.1, 0.15) is 25.0 Å². The lowest BCUT2D eigenvalue weighted by atomic mass is 10.1. The Bertz CT molecular complexity index is 2550. The summed E-state index contributed by atoms with van der Waals surface area (Å²) in [5.74, 6) is 1.73. The Hall–Kier alpha value is -8.18. The van der Waals surface area contributed by atoms with Gasteiger partial charge in [0.15, 0.2) is 11.7 Å². The molecule has 0 bridgehead atoms. The zero-order valence-corrected chi connectivity index (χ0v) is 32.2. The molecule has 3 heterocycles. The predicted octanol–water partition coefficient (Wildman–Crippen LogP) is 10.2. The molecule has 0 radical (unpaired) electrons. The van der Waals surface area contributed by atoms with E-state index < -0.39 is 0 Å². The average molecular weight is 772 g/mol. The van der Waals surface area contributed by atoms with E-state index in [2.05, 4.69) is 20.4 Å². The molecular formula is C48H37N9O2. The van der Waals surface area contributed by atoms with Crippen LogP contribution in [0.4, 0.5) is 45.5 Å². The second-order valence-electron chi connectivity index (χ2n) is 13.8. The van der Waals surface area contributed by atoms with Gasteiger partial charge in [0.25, 0.3) is 0 Å². The van der Waals surface area contributed by atoms with Gasteiger partial charge in [0.2, 0.25) is 17.8 Å². The van der Waals surface area contributed by atoms with Crippen LogP contribution in [-0.2, 0) is 9.59 Å². The molecule has 6 aromatic carbocycles. The first-order valence-electron chi connectivity index (χ1n) is 19.1. The molecule has 0 fully saturated rings. The van der Waals surface area contributed by atoms with E-state index in [0.29, 0.717) is 51.8 Å². The summed E-state index contributed by atoms with van der Waals surface area (Å²) < 4.78 is 0. The number of carbonyl (C=O) groups excluding carboxylic acids is 2. The van der Waals surface area contributed by atoms with Gasteiger partial charge >= 0.3 is 0 Å². The van der Waals surface area contributed by atoms with Crippen molar-refractivity contribution in [3.05, 3.63) is 193 Å². The monoisotopic (exact) mass is 771 g/mol. The number of para-hydroxylation sites is 4. The molecule has 0 saturated carbocycles. The highest BCUT2D eigenvalue weighted by Gasteiger charge is 2.33. The summed E-state index contributed by atoms with van der Waals surface area (Å²) in [7, 11) is 0. The van der Waals surface area contributed by atoms with Crippen LogP contribution in [0.5, 0.6) is 0 Å². The van der Waals surface area contributed by atoms with Gasteiger partial charge < -0.3 is 20.4 Å². The number of carbonyl (C=O) groups is 2. The molecule has 11 heteroatoms. The second-order valence-corrected chi connectivity index (χ2v) is 13.8. The van der Waals surface area contributed by atoms with Crippen molar-refractivity contribution in [1.82, 2.24) is 4.90 Å². The number of aliphatic imine (C=N–C) groups is 4. The summed E-state index contributed by atoms with van der Waals surface area (Å²) in [6, 6.07) is 51.9. The van der Waals surface area contributed by atoms with Crippen molar-refractivity contribution >= 4 is 80.8 Å².